The molecular formula is C14H28N2O3S. The summed E-state index contributed by atoms with van der Waals surface area (Å²) in [5, 5.41) is 14.3. The Kier molecular flexibility index (Phi) is 9.46. The third-order valence-corrected chi connectivity index (χ3v) is 3.65. The largest absolute Gasteiger partial charge is 0.480 e. The summed E-state index contributed by atoms with van der Waals surface area (Å²) in [6.45, 7) is 5.95. The van der Waals surface area contributed by atoms with Gasteiger partial charge in [0.05, 0.1) is 0 Å². The van der Waals surface area contributed by atoms with E-state index in [2.05, 4.69) is 16.9 Å². The third kappa shape index (κ3) is 9.07. The molecule has 6 heteroatoms. The number of hydrogen-bond donors (Lipinski definition) is 3. The second kappa shape index (κ2) is 9.91. The van der Waals surface area contributed by atoms with Crippen molar-refractivity contribution in [1.29, 1.82) is 0 Å². The number of carbonyl (C=O) groups is 2. The molecule has 5 nitrogen and oxygen atoms in total. The van der Waals surface area contributed by atoms with Crippen molar-refractivity contribution >= 4 is 23.8 Å². The van der Waals surface area contributed by atoms with E-state index < -0.39 is 23.5 Å². The van der Waals surface area contributed by atoms with Crippen LogP contribution in [0.15, 0.2) is 0 Å². The predicted molar refractivity (Wildman–Crippen MR) is 84.3 cm³/mol. The molecule has 0 radical (unpaired) electrons. The van der Waals surface area contributed by atoms with Crippen LogP contribution in [0.2, 0.25) is 0 Å². The van der Waals surface area contributed by atoms with Gasteiger partial charge in [0, 0.05) is 6.54 Å². The Labute approximate surface area is 126 Å². The van der Waals surface area contributed by atoms with Gasteiger partial charge in [-0.15, -0.1) is 0 Å². The number of hydrogen-bond acceptors (Lipinski definition) is 3. The minimum atomic E-state index is -1.01. The number of thioether (sulfide) groups is 1. The van der Waals surface area contributed by atoms with E-state index >= 15 is 0 Å². The highest BCUT2D eigenvalue weighted by atomic mass is 32.2. The van der Waals surface area contributed by atoms with E-state index in [1.807, 2.05) is 11.8 Å². The molecule has 0 aliphatic carbocycles. The molecule has 3 N–H and O–H groups in total. The molecule has 118 valence electrons. The molecule has 1 atom stereocenters. The molecule has 0 fully saturated rings. The number of carboxylic acid groups (broad SMARTS) is 1. The van der Waals surface area contributed by atoms with Gasteiger partial charge in [-0.2, -0.15) is 11.8 Å². The van der Waals surface area contributed by atoms with E-state index in [1.54, 1.807) is 20.8 Å². The van der Waals surface area contributed by atoms with Crippen LogP contribution < -0.4 is 10.6 Å². The fourth-order valence-electron chi connectivity index (χ4n) is 1.76. The topological polar surface area (TPSA) is 78.4 Å². The molecular weight excluding hydrogens is 276 g/mol. The summed E-state index contributed by atoms with van der Waals surface area (Å²) in [6.07, 6.45) is 6.49. The Balaban J connectivity index is 3.84. The number of rotatable bonds is 9. The Morgan fingerprint density at radius 2 is 1.75 bits per heavy atom. The number of carbonyl (C=O) groups excluding carboxylic acids is 1. The van der Waals surface area contributed by atoms with E-state index in [-0.39, 0.29) is 0 Å². The molecule has 0 aromatic rings. The maximum absolute atomic E-state index is 11.7. The Morgan fingerprint density at radius 1 is 1.15 bits per heavy atom. The van der Waals surface area contributed by atoms with Crippen molar-refractivity contribution < 1.29 is 14.7 Å². The van der Waals surface area contributed by atoms with Gasteiger partial charge in [0.15, 0.2) is 0 Å². The summed E-state index contributed by atoms with van der Waals surface area (Å²) in [5.74, 6) is 0.171. The van der Waals surface area contributed by atoms with Gasteiger partial charge in [-0.1, -0.05) is 33.6 Å². The molecule has 0 aliphatic heterocycles. The minimum absolute atomic E-state index is 0.406. The van der Waals surface area contributed by atoms with Gasteiger partial charge in [0.2, 0.25) is 0 Å². The molecule has 0 aliphatic rings. The zero-order chi connectivity index (χ0) is 15.6. The van der Waals surface area contributed by atoms with E-state index in [9.17, 15) is 9.59 Å². The highest BCUT2D eigenvalue weighted by Gasteiger charge is 2.32. The first-order valence-corrected chi connectivity index (χ1v) is 8.44. The van der Waals surface area contributed by atoms with Crippen LogP contribution in [-0.2, 0) is 4.79 Å². The average molecular weight is 304 g/mol. The first-order valence-electron chi connectivity index (χ1n) is 7.05. The number of amides is 2. The highest BCUT2D eigenvalue weighted by molar-refractivity contribution is 7.98. The van der Waals surface area contributed by atoms with Crippen molar-refractivity contribution in [2.24, 2.45) is 5.41 Å². The van der Waals surface area contributed by atoms with Crippen LogP contribution in [0.3, 0.4) is 0 Å². The van der Waals surface area contributed by atoms with Crippen LogP contribution in [0.5, 0.6) is 0 Å². The smallest absolute Gasteiger partial charge is 0.326 e. The molecule has 0 saturated heterocycles. The van der Waals surface area contributed by atoms with Crippen molar-refractivity contribution in [2.45, 2.75) is 52.5 Å². The second-order valence-electron chi connectivity index (χ2n) is 5.94. The monoisotopic (exact) mass is 304 g/mol. The molecule has 20 heavy (non-hydrogen) atoms. The molecule has 2 amide bonds. The quantitative estimate of drug-likeness (QED) is 0.572. The molecule has 0 bridgehead atoms. The van der Waals surface area contributed by atoms with E-state index in [0.29, 0.717) is 6.54 Å². The van der Waals surface area contributed by atoms with Crippen LogP contribution in [0.1, 0.15) is 46.5 Å². The number of aliphatic carboxylic acids is 1. The summed E-state index contributed by atoms with van der Waals surface area (Å²) < 4.78 is 0. The van der Waals surface area contributed by atoms with Gasteiger partial charge >= 0.3 is 12.0 Å². The van der Waals surface area contributed by atoms with Gasteiger partial charge in [-0.25, -0.2) is 9.59 Å². The molecule has 0 aromatic carbocycles. The van der Waals surface area contributed by atoms with Gasteiger partial charge in [0.25, 0.3) is 0 Å². The Hall–Kier alpha value is -0.910. The SMILES string of the molecule is CSCCCCCCNC(=O)NC(C(=O)O)C(C)(C)C. The van der Waals surface area contributed by atoms with Crippen molar-refractivity contribution in [1.82, 2.24) is 10.6 Å². The average Bonchev–Trinajstić information content (AvgIpc) is 2.33. The van der Waals surface area contributed by atoms with Crippen LogP contribution in [-0.4, -0.2) is 41.7 Å². The molecule has 0 heterocycles. The molecule has 0 aromatic heterocycles. The number of nitrogens with one attached hydrogen (secondary N) is 2. The standard InChI is InChI=1S/C14H28N2O3S/c1-14(2,3)11(12(17)18)16-13(19)15-9-7-5-6-8-10-20-4/h11H,5-10H2,1-4H3,(H,17,18)(H2,15,16,19). The Morgan fingerprint density at radius 3 is 2.25 bits per heavy atom. The van der Waals surface area contributed by atoms with Crippen molar-refractivity contribution in [3.63, 3.8) is 0 Å². The zero-order valence-corrected chi connectivity index (χ0v) is 13.8. The third-order valence-electron chi connectivity index (χ3n) is 2.95. The molecule has 1 unspecified atom stereocenters. The van der Waals surface area contributed by atoms with Gasteiger partial charge in [0.1, 0.15) is 6.04 Å². The second-order valence-corrected chi connectivity index (χ2v) is 6.93. The van der Waals surface area contributed by atoms with Crippen molar-refractivity contribution in [2.75, 3.05) is 18.6 Å². The lowest BCUT2D eigenvalue weighted by atomic mass is 9.87. The summed E-state index contributed by atoms with van der Waals surface area (Å²) in [6, 6.07) is -1.29. The molecule has 0 rings (SSSR count). The predicted octanol–water partition coefficient (Wildman–Crippen LogP) is 2.71. The van der Waals surface area contributed by atoms with Crippen LogP contribution in [0, 0.1) is 5.41 Å². The lowest BCUT2D eigenvalue weighted by Crippen LogP contribution is -2.52. The van der Waals surface area contributed by atoms with Gasteiger partial charge < -0.3 is 15.7 Å². The van der Waals surface area contributed by atoms with E-state index in [0.717, 1.165) is 12.8 Å². The van der Waals surface area contributed by atoms with Gasteiger partial charge in [-0.05, 0) is 30.3 Å². The highest BCUT2D eigenvalue weighted by Crippen LogP contribution is 2.19. The maximum Gasteiger partial charge on any atom is 0.326 e. The minimum Gasteiger partial charge on any atom is -0.480 e. The number of urea groups is 1. The summed E-state index contributed by atoms with van der Waals surface area (Å²) in [5.41, 5.74) is -0.513. The van der Waals surface area contributed by atoms with E-state index in [4.69, 9.17) is 5.11 Å². The maximum atomic E-state index is 11.7. The molecule has 0 saturated carbocycles. The number of carboxylic acids is 1. The van der Waals surface area contributed by atoms with E-state index in [1.165, 1.54) is 18.6 Å². The van der Waals surface area contributed by atoms with Crippen molar-refractivity contribution in [3.8, 4) is 0 Å². The number of unbranched alkanes of at least 4 members (excludes halogenated alkanes) is 3. The first kappa shape index (κ1) is 19.1. The first-order chi connectivity index (χ1) is 9.29. The van der Waals surface area contributed by atoms with Crippen LogP contribution >= 0.6 is 11.8 Å². The lowest BCUT2D eigenvalue weighted by Gasteiger charge is -2.27. The Bertz CT molecular complexity index is 303. The van der Waals surface area contributed by atoms with Crippen LogP contribution in [0.4, 0.5) is 4.79 Å². The summed E-state index contributed by atoms with van der Waals surface area (Å²) >= 11 is 1.85. The van der Waals surface area contributed by atoms with Gasteiger partial charge in [-0.3, -0.25) is 0 Å². The fourth-order valence-corrected chi connectivity index (χ4v) is 2.25. The molecule has 0 spiro atoms. The zero-order valence-electron chi connectivity index (χ0n) is 13.0. The van der Waals surface area contributed by atoms with Crippen LogP contribution in [0.25, 0.3) is 0 Å². The lowest BCUT2D eigenvalue weighted by molar-refractivity contribution is -0.141. The fraction of sp³-hybridized carbons (Fsp3) is 0.857. The summed E-state index contributed by atoms with van der Waals surface area (Å²) in [7, 11) is 0. The normalized spacial score (nSPS) is 12.8. The van der Waals surface area contributed by atoms with Crippen molar-refractivity contribution in [3.05, 3.63) is 0 Å². The summed E-state index contributed by atoms with van der Waals surface area (Å²) in [4.78, 5) is 22.8.